The lowest BCUT2D eigenvalue weighted by molar-refractivity contribution is 0.478. The van der Waals surface area contributed by atoms with Crippen molar-refractivity contribution in [1.82, 2.24) is 29.7 Å². The molecule has 4 aromatic rings. The number of piperidine rings is 1. The van der Waals surface area contributed by atoms with Crippen LogP contribution in [-0.2, 0) is 7.05 Å². The number of hydrogen-bond acceptors (Lipinski definition) is 6. The van der Waals surface area contributed by atoms with Gasteiger partial charge in [0.2, 0.25) is 0 Å². The van der Waals surface area contributed by atoms with E-state index in [0.717, 1.165) is 54.0 Å². The molecule has 1 saturated heterocycles. The Morgan fingerprint density at radius 1 is 1.07 bits per heavy atom. The van der Waals surface area contributed by atoms with Crippen LogP contribution >= 0.6 is 0 Å². The van der Waals surface area contributed by atoms with Crippen molar-refractivity contribution in [3.63, 3.8) is 0 Å². The molecule has 0 aliphatic carbocycles. The molecular weight excluding hydrogens is 350 g/mol. The van der Waals surface area contributed by atoms with E-state index in [1.54, 1.807) is 12.5 Å². The minimum atomic E-state index is 0.344. The number of pyridine rings is 1. The first-order valence-electron chi connectivity index (χ1n) is 9.55. The first kappa shape index (κ1) is 16.8. The number of anilines is 1. The summed E-state index contributed by atoms with van der Waals surface area (Å²) in [6.07, 6.45) is 7.56. The van der Waals surface area contributed by atoms with Gasteiger partial charge in [0.15, 0.2) is 5.82 Å². The standard InChI is InChI=1S/C21H21N7/c1-27-14-23-26-20(27)16-7-5-11-28(13-16)21-17-8-2-3-9-18(17)24-19(25-21)15-6-4-10-22-12-15/h2-4,6,8-10,12,14,16H,5,7,11,13H2,1H3/t16-/m1/s1. The molecule has 1 aromatic carbocycles. The summed E-state index contributed by atoms with van der Waals surface area (Å²) in [6.45, 7) is 1.85. The predicted molar refractivity (Wildman–Crippen MR) is 108 cm³/mol. The van der Waals surface area contributed by atoms with Gasteiger partial charge in [-0.2, -0.15) is 0 Å². The summed E-state index contributed by atoms with van der Waals surface area (Å²) < 4.78 is 2.02. The molecule has 1 aliphatic heterocycles. The second-order valence-corrected chi connectivity index (χ2v) is 7.21. The number of para-hydroxylation sites is 1. The van der Waals surface area contributed by atoms with Crippen molar-refractivity contribution >= 4 is 16.7 Å². The van der Waals surface area contributed by atoms with Gasteiger partial charge >= 0.3 is 0 Å². The van der Waals surface area contributed by atoms with Crippen LogP contribution in [-0.4, -0.2) is 42.8 Å². The van der Waals surface area contributed by atoms with Crippen molar-refractivity contribution in [2.75, 3.05) is 18.0 Å². The zero-order chi connectivity index (χ0) is 18.9. The zero-order valence-electron chi connectivity index (χ0n) is 15.7. The van der Waals surface area contributed by atoms with Gasteiger partial charge in [-0.05, 0) is 37.1 Å². The SMILES string of the molecule is Cn1cnnc1[C@@H]1CCCN(c2nc(-c3cccnc3)nc3ccccc23)C1. The Kier molecular flexibility index (Phi) is 4.20. The Balaban J connectivity index is 1.58. The smallest absolute Gasteiger partial charge is 0.163 e. The van der Waals surface area contributed by atoms with Crippen molar-refractivity contribution < 1.29 is 0 Å². The van der Waals surface area contributed by atoms with Crippen LogP contribution in [0.2, 0.25) is 0 Å². The van der Waals surface area contributed by atoms with Crippen molar-refractivity contribution in [2.45, 2.75) is 18.8 Å². The monoisotopic (exact) mass is 371 g/mol. The Labute approximate surface area is 163 Å². The van der Waals surface area contributed by atoms with Gasteiger partial charge in [-0.3, -0.25) is 4.98 Å². The van der Waals surface area contributed by atoms with Crippen LogP contribution in [0.25, 0.3) is 22.3 Å². The maximum absolute atomic E-state index is 4.96. The highest BCUT2D eigenvalue weighted by atomic mass is 15.3. The molecule has 7 heteroatoms. The quantitative estimate of drug-likeness (QED) is 0.551. The summed E-state index contributed by atoms with van der Waals surface area (Å²) in [5, 5.41) is 9.48. The number of fused-ring (bicyclic) bond motifs is 1. The fourth-order valence-electron chi connectivity index (χ4n) is 3.97. The molecule has 7 nitrogen and oxygen atoms in total. The first-order chi connectivity index (χ1) is 13.8. The molecule has 3 aromatic heterocycles. The summed E-state index contributed by atoms with van der Waals surface area (Å²) >= 11 is 0. The van der Waals surface area contributed by atoms with Gasteiger partial charge in [0.25, 0.3) is 0 Å². The summed E-state index contributed by atoms with van der Waals surface area (Å²) in [5.41, 5.74) is 1.88. The van der Waals surface area contributed by atoms with Gasteiger partial charge < -0.3 is 9.47 Å². The average molecular weight is 371 g/mol. The van der Waals surface area contributed by atoms with E-state index in [1.807, 2.05) is 48.1 Å². The molecule has 0 saturated carbocycles. The van der Waals surface area contributed by atoms with E-state index in [9.17, 15) is 0 Å². The van der Waals surface area contributed by atoms with Crippen LogP contribution in [0.5, 0.6) is 0 Å². The van der Waals surface area contributed by atoms with Crippen LogP contribution in [0, 0.1) is 0 Å². The molecule has 1 fully saturated rings. The molecule has 1 aliphatic rings. The average Bonchev–Trinajstić information content (AvgIpc) is 3.19. The Morgan fingerprint density at radius 3 is 2.82 bits per heavy atom. The van der Waals surface area contributed by atoms with E-state index >= 15 is 0 Å². The van der Waals surface area contributed by atoms with Crippen LogP contribution in [0.4, 0.5) is 5.82 Å². The van der Waals surface area contributed by atoms with E-state index in [-0.39, 0.29) is 0 Å². The number of rotatable bonds is 3. The summed E-state index contributed by atoms with van der Waals surface area (Å²) in [4.78, 5) is 16.3. The van der Waals surface area contributed by atoms with Crippen molar-refractivity contribution in [3.8, 4) is 11.4 Å². The Morgan fingerprint density at radius 2 is 2.00 bits per heavy atom. The largest absolute Gasteiger partial charge is 0.355 e. The highest BCUT2D eigenvalue weighted by Crippen LogP contribution is 2.32. The predicted octanol–water partition coefficient (Wildman–Crippen LogP) is 3.20. The van der Waals surface area contributed by atoms with Crippen molar-refractivity contribution in [2.24, 2.45) is 7.05 Å². The number of benzene rings is 1. The van der Waals surface area contributed by atoms with Crippen molar-refractivity contribution in [3.05, 3.63) is 60.9 Å². The zero-order valence-corrected chi connectivity index (χ0v) is 15.7. The van der Waals surface area contributed by atoms with Crippen LogP contribution in [0.1, 0.15) is 24.6 Å². The van der Waals surface area contributed by atoms with Crippen LogP contribution < -0.4 is 4.90 Å². The first-order valence-corrected chi connectivity index (χ1v) is 9.55. The maximum atomic E-state index is 4.96. The van der Waals surface area contributed by atoms with Crippen molar-refractivity contribution in [1.29, 1.82) is 0 Å². The number of aryl methyl sites for hydroxylation is 1. The van der Waals surface area contributed by atoms with Crippen LogP contribution in [0.3, 0.4) is 0 Å². The number of aromatic nitrogens is 6. The third-order valence-corrected chi connectivity index (χ3v) is 5.34. The Bertz CT molecular complexity index is 1110. The molecule has 0 amide bonds. The molecule has 28 heavy (non-hydrogen) atoms. The Hall–Kier alpha value is -3.35. The topological polar surface area (TPSA) is 72.6 Å². The number of nitrogens with zero attached hydrogens (tertiary/aromatic N) is 7. The van der Waals surface area contributed by atoms with Gasteiger partial charge in [0.1, 0.15) is 18.0 Å². The third-order valence-electron chi connectivity index (χ3n) is 5.34. The minimum Gasteiger partial charge on any atom is -0.355 e. The molecule has 5 rings (SSSR count). The lowest BCUT2D eigenvalue weighted by atomic mass is 9.97. The molecular formula is C21H21N7. The van der Waals surface area contributed by atoms with Gasteiger partial charge in [-0.15, -0.1) is 10.2 Å². The number of hydrogen-bond donors (Lipinski definition) is 0. The van der Waals surface area contributed by atoms with Crippen LogP contribution in [0.15, 0.2) is 55.1 Å². The molecule has 0 spiro atoms. The molecule has 0 N–H and O–H groups in total. The molecule has 4 heterocycles. The third kappa shape index (κ3) is 2.98. The van der Waals surface area contributed by atoms with E-state index < -0.39 is 0 Å². The van der Waals surface area contributed by atoms with Gasteiger partial charge in [0.05, 0.1) is 5.52 Å². The second kappa shape index (κ2) is 6.99. The molecule has 0 unspecified atom stereocenters. The lowest BCUT2D eigenvalue weighted by Gasteiger charge is -2.33. The summed E-state index contributed by atoms with van der Waals surface area (Å²) in [5.74, 6) is 3.08. The normalized spacial score (nSPS) is 17.2. The summed E-state index contributed by atoms with van der Waals surface area (Å²) in [7, 11) is 2.01. The van der Waals surface area contributed by atoms with Gasteiger partial charge in [-0.25, -0.2) is 9.97 Å². The highest BCUT2D eigenvalue weighted by Gasteiger charge is 2.27. The second-order valence-electron chi connectivity index (χ2n) is 7.21. The maximum Gasteiger partial charge on any atom is 0.163 e. The van der Waals surface area contributed by atoms with E-state index in [4.69, 9.17) is 9.97 Å². The van der Waals surface area contributed by atoms with Gasteiger partial charge in [-0.1, -0.05) is 12.1 Å². The molecule has 1 atom stereocenters. The van der Waals surface area contributed by atoms with E-state index in [2.05, 4.69) is 26.1 Å². The van der Waals surface area contributed by atoms with E-state index in [1.165, 1.54) is 0 Å². The fourth-order valence-corrected chi connectivity index (χ4v) is 3.97. The lowest BCUT2D eigenvalue weighted by Crippen LogP contribution is -2.36. The summed E-state index contributed by atoms with van der Waals surface area (Å²) in [6, 6.07) is 12.1. The molecule has 0 radical (unpaired) electrons. The van der Waals surface area contributed by atoms with E-state index in [0.29, 0.717) is 11.7 Å². The van der Waals surface area contributed by atoms with Gasteiger partial charge in [0, 0.05) is 49.4 Å². The minimum absolute atomic E-state index is 0.344. The fraction of sp³-hybridized carbons (Fsp3) is 0.286. The highest BCUT2D eigenvalue weighted by molar-refractivity contribution is 5.91. The molecule has 140 valence electrons. The molecule has 0 bridgehead atoms.